The number of hydrogen-bond acceptors (Lipinski definition) is 2. The second-order valence-corrected chi connectivity index (χ2v) is 4.57. The minimum atomic E-state index is 0.621. The number of halogens is 2. The molecule has 0 heterocycles. The minimum absolute atomic E-state index is 0.621. The van der Waals surface area contributed by atoms with Gasteiger partial charge >= 0.3 is 0 Å². The molecule has 1 N–H and O–H groups in total. The molecule has 0 aliphatic rings. The van der Waals surface area contributed by atoms with Crippen molar-refractivity contribution in [3.05, 3.63) is 29.8 Å². The van der Waals surface area contributed by atoms with E-state index in [-0.39, 0.29) is 0 Å². The van der Waals surface area contributed by atoms with Gasteiger partial charge in [0.1, 0.15) is 0 Å². The summed E-state index contributed by atoms with van der Waals surface area (Å²) < 4.78 is 0. The molecule has 0 amide bonds. The predicted octanol–water partition coefficient (Wildman–Crippen LogP) is 3.08. The Morgan fingerprint density at radius 1 is 1.06 bits per heavy atom. The number of alkyl halides is 2. The first-order valence-electron chi connectivity index (χ1n) is 5.98. The van der Waals surface area contributed by atoms with Crippen molar-refractivity contribution in [3.63, 3.8) is 0 Å². The molecule has 1 rings (SSSR count). The van der Waals surface area contributed by atoms with Crippen molar-refractivity contribution in [2.24, 2.45) is 0 Å². The quantitative estimate of drug-likeness (QED) is 0.733. The minimum Gasteiger partial charge on any atom is -0.369 e. The summed E-state index contributed by atoms with van der Waals surface area (Å²) in [4.78, 5) is 2.21. The molecule has 1 aromatic carbocycles. The lowest BCUT2D eigenvalue weighted by Gasteiger charge is -2.23. The average Bonchev–Trinajstić information content (AvgIpc) is 2.37. The third kappa shape index (κ3) is 5.15. The molecule has 0 fully saturated rings. The van der Waals surface area contributed by atoms with Gasteiger partial charge in [-0.15, -0.1) is 23.2 Å². The second kappa shape index (κ2) is 8.62. The van der Waals surface area contributed by atoms with Crippen LogP contribution in [0, 0.1) is 0 Å². The Balaban J connectivity index is 2.63. The summed E-state index contributed by atoms with van der Waals surface area (Å²) in [5.74, 6) is 1.24. The zero-order valence-corrected chi connectivity index (χ0v) is 11.8. The van der Waals surface area contributed by atoms with E-state index >= 15 is 0 Å². The van der Waals surface area contributed by atoms with Gasteiger partial charge in [-0.1, -0.05) is 19.1 Å². The molecule has 17 heavy (non-hydrogen) atoms. The summed E-state index contributed by atoms with van der Waals surface area (Å²) in [6.45, 7) is 5.69. The zero-order chi connectivity index (χ0) is 12.5. The molecule has 0 saturated heterocycles. The van der Waals surface area contributed by atoms with Crippen LogP contribution in [0.3, 0.4) is 0 Å². The topological polar surface area (TPSA) is 15.3 Å². The lowest BCUT2D eigenvalue weighted by atomic mass is 10.2. The molecule has 4 heteroatoms. The Morgan fingerprint density at radius 2 is 1.65 bits per heavy atom. The summed E-state index contributed by atoms with van der Waals surface area (Å²) in [5.41, 5.74) is 2.49. The number of benzene rings is 1. The van der Waals surface area contributed by atoms with Gasteiger partial charge in [-0.2, -0.15) is 0 Å². The Morgan fingerprint density at radius 3 is 2.12 bits per heavy atom. The van der Waals surface area contributed by atoms with Gasteiger partial charge < -0.3 is 10.2 Å². The van der Waals surface area contributed by atoms with Crippen LogP contribution in [-0.2, 0) is 6.54 Å². The van der Waals surface area contributed by atoms with Crippen molar-refractivity contribution in [2.45, 2.75) is 13.5 Å². The van der Waals surface area contributed by atoms with E-state index in [0.717, 1.165) is 26.2 Å². The number of nitrogens with one attached hydrogen (secondary N) is 1. The van der Waals surface area contributed by atoms with E-state index in [0.29, 0.717) is 11.8 Å². The highest BCUT2D eigenvalue weighted by molar-refractivity contribution is 6.18. The van der Waals surface area contributed by atoms with Crippen molar-refractivity contribution < 1.29 is 0 Å². The molecule has 0 radical (unpaired) electrons. The van der Waals surface area contributed by atoms with Crippen LogP contribution in [0.1, 0.15) is 12.5 Å². The van der Waals surface area contributed by atoms with Gasteiger partial charge in [0.2, 0.25) is 0 Å². The maximum Gasteiger partial charge on any atom is 0.0399 e. The first kappa shape index (κ1) is 14.6. The molecule has 0 atom stereocenters. The van der Waals surface area contributed by atoms with Gasteiger partial charge in [0, 0.05) is 37.1 Å². The van der Waals surface area contributed by atoms with E-state index in [1.165, 1.54) is 11.3 Å². The van der Waals surface area contributed by atoms with Gasteiger partial charge in [-0.05, 0) is 24.2 Å². The average molecular weight is 275 g/mol. The third-order valence-electron chi connectivity index (χ3n) is 2.59. The molecule has 0 saturated carbocycles. The van der Waals surface area contributed by atoms with Gasteiger partial charge in [0.25, 0.3) is 0 Å². The molecular formula is C13H20Cl2N2. The normalized spacial score (nSPS) is 10.5. The molecule has 0 aromatic heterocycles. The van der Waals surface area contributed by atoms with Crippen LogP contribution in [0.25, 0.3) is 0 Å². The maximum absolute atomic E-state index is 5.79. The van der Waals surface area contributed by atoms with Crippen LogP contribution in [0.15, 0.2) is 24.3 Å². The highest BCUT2D eigenvalue weighted by Crippen LogP contribution is 2.15. The van der Waals surface area contributed by atoms with E-state index in [4.69, 9.17) is 23.2 Å². The standard InChI is InChI=1S/C13H20Cl2N2/c1-2-16-11-12-3-5-13(6-4-12)17(9-7-14)10-8-15/h3-6,16H,2,7-11H2,1H3. The van der Waals surface area contributed by atoms with Gasteiger partial charge in [0.05, 0.1) is 0 Å². The first-order valence-corrected chi connectivity index (χ1v) is 7.05. The predicted molar refractivity (Wildman–Crippen MR) is 77.5 cm³/mol. The van der Waals surface area contributed by atoms with Crippen molar-refractivity contribution in [3.8, 4) is 0 Å². The van der Waals surface area contributed by atoms with Crippen LogP contribution >= 0.6 is 23.2 Å². The van der Waals surface area contributed by atoms with Crippen molar-refractivity contribution in [1.82, 2.24) is 5.32 Å². The summed E-state index contributed by atoms with van der Waals surface area (Å²) in [5, 5.41) is 3.31. The van der Waals surface area contributed by atoms with Crippen LogP contribution in [0.2, 0.25) is 0 Å². The van der Waals surface area contributed by atoms with E-state index < -0.39 is 0 Å². The third-order valence-corrected chi connectivity index (χ3v) is 2.93. The molecule has 1 aromatic rings. The Kier molecular flexibility index (Phi) is 7.41. The number of rotatable bonds is 8. The first-order chi connectivity index (χ1) is 8.31. The monoisotopic (exact) mass is 274 g/mol. The highest BCUT2D eigenvalue weighted by Gasteiger charge is 2.04. The zero-order valence-electron chi connectivity index (χ0n) is 10.3. The molecule has 0 spiro atoms. The number of anilines is 1. The Labute approximate surface area is 114 Å². The lowest BCUT2D eigenvalue weighted by molar-refractivity contribution is 0.726. The van der Waals surface area contributed by atoms with E-state index in [2.05, 4.69) is 41.4 Å². The van der Waals surface area contributed by atoms with Gasteiger partial charge in [-0.3, -0.25) is 0 Å². The molecular weight excluding hydrogens is 255 g/mol. The largest absolute Gasteiger partial charge is 0.369 e. The number of hydrogen-bond donors (Lipinski definition) is 1. The van der Waals surface area contributed by atoms with Crippen LogP contribution in [-0.4, -0.2) is 31.4 Å². The van der Waals surface area contributed by atoms with Crippen molar-refractivity contribution >= 4 is 28.9 Å². The van der Waals surface area contributed by atoms with Gasteiger partial charge in [-0.25, -0.2) is 0 Å². The molecule has 0 unspecified atom stereocenters. The number of nitrogens with zero attached hydrogens (tertiary/aromatic N) is 1. The Hall–Kier alpha value is -0.440. The highest BCUT2D eigenvalue weighted by atomic mass is 35.5. The smallest absolute Gasteiger partial charge is 0.0399 e. The van der Waals surface area contributed by atoms with Gasteiger partial charge in [0.15, 0.2) is 0 Å². The summed E-state index contributed by atoms with van der Waals surface area (Å²) in [6, 6.07) is 8.55. The Bertz CT molecular complexity index is 295. The van der Waals surface area contributed by atoms with E-state index in [9.17, 15) is 0 Å². The summed E-state index contributed by atoms with van der Waals surface area (Å²) >= 11 is 11.6. The SMILES string of the molecule is CCNCc1ccc(N(CCCl)CCCl)cc1. The van der Waals surface area contributed by atoms with Crippen molar-refractivity contribution in [1.29, 1.82) is 0 Å². The maximum atomic E-state index is 5.79. The summed E-state index contributed by atoms with van der Waals surface area (Å²) in [6.07, 6.45) is 0. The molecule has 0 aliphatic heterocycles. The summed E-state index contributed by atoms with van der Waals surface area (Å²) in [7, 11) is 0. The molecule has 0 bridgehead atoms. The second-order valence-electron chi connectivity index (χ2n) is 3.81. The van der Waals surface area contributed by atoms with Crippen molar-refractivity contribution in [2.75, 3.05) is 36.3 Å². The fourth-order valence-electron chi connectivity index (χ4n) is 1.67. The fourth-order valence-corrected chi connectivity index (χ4v) is 2.08. The molecule has 96 valence electrons. The van der Waals surface area contributed by atoms with E-state index in [1.54, 1.807) is 0 Å². The van der Waals surface area contributed by atoms with Crippen LogP contribution in [0.5, 0.6) is 0 Å². The fraction of sp³-hybridized carbons (Fsp3) is 0.538. The van der Waals surface area contributed by atoms with E-state index in [1.807, 2.05) is 0 Å². The lowest BCUT2D eigenvalue weighted by Crippen LogP contribution is -2.27. The van der Waals surface area contributed by atoms with Crippen LogP contribution < -0.4 is 10.2 Å². The molecule has 2 nitrogen and oxygen atoms in total. The molecule has 0 aliphatic carbocycles. The van der Waals surface area contributed by atoms with Crippen LogP contribution in [0.4, 0.5) is 5.69 Å².